The summed E-state index contributed by atoms with van der Waals surface area (Å²) in [6.07, 6.45) is 1.12. The van der Waals surface area contributed by atoms with Gasteiger partial charge in [0.15, 0.2) is 0 Å². The predicted octanol–water partition coefficient (Wildman–Crippen LogP) is 2.95. The fourth-order valence-corrected chi connectivity index (χ4v) is 3.53. The zero-order valence-corrected chi connectivity index (χ0v) is 18.0. The summed E-state index contributed by atoms with van der Waals surface area (Å²) in [5.41, 5.74) is 1.24. The van der Waals surface area contributed by atoms with E-state index in [0.29, 0.717) is 18.0 Å². The number of anilines is 1. The van der Waals surface area contributed by atoms with Gasteiger partial charge in [0.25, 0.3) is 0 Å². The summed E-state index contributed by atoms with van der Waals surface area (Å²) in [5, 5.41) is 2.76. The first-order chi connectivity index (χ1) is 13.7. The Labute approximate surface area is 172 Å². The van der Waals surface area contributed by atoms with Gasteiger partial charge in [-0.15, -0.1) is 0 Å². The fourth-order valence-electron chi connectivity index (χ4n) is 2.68. The maximum absolute atomic E-state index is 12.4. The second-order valence-electron chi connectivity index (χ2n) is 6.79. The number of ether oxygens (including phenoxy) is 2. The van der Waals surface area contributed by atoms with Crippen molar-refractivity contribution >= 4 is 21.6 Å². The molecule has 2 aromatic rings. The van der Waals surface area contributed by atoms with Crippen molar-refractivity contribution in [2.75, 3.05) is 23.7 Å². The van der Waals surface area contributed by atoms with Crippen molar-refractivity contribution in [2.24, 2.45) is 0 Å². The van der Waals surface area contributed by atoms with Crippen molar-refractivity contribution in [3.05, 3.63) is 54.1 Å². The number of benzene rings is 2. The van der Waals surface area contributed by atoms with Crippen LogP contribution in [0.25, 0.3) is 0 Å². The van der Waals surface area contributed by atoms with Gasteiger partial charge in [-0.3, -0.25) is 9.10 Å². The summed E-state index contributed by atoms with van der Waals surface area (Å²) >= 11 is 0. The number of carbonyl (C=O) groups is 1. The molecule has 0 spiro atoms. The Morgan fingerprint density at radius 1 is 1.10 bits per heavy atom. The molecule has 0 fully saturated rings. The Bertz CT molecular complexity index is 928. The minimum absolute atomic E-state index is 0.0515. The second kappa shape index (κ2) is 10.2. The molecule has 158 valence electrons. The van der Waals surface area contributed by atoms with Gasteiger partial charge >= 0.3 is 0 Å². The van der Waals surface area contributed by atoms with Gasteiger partial charge < -0.3 is 14.8 Å². The van der Waals surface area contributed by atoms with Crippen molar-refractivity contribution in [1.82, 2.24) is 5.32 Å². The Morgan fingerprint density at radius 2 is 1.79 bits per heavy atom. The highest BCUT2D eigenvalue weighted by Gasteiger charge is 2.21. The van der Waals surface area contributed by atoms with Crippen LogP contribution < -0.4 is 19.1 Å². The molecule has 0 atom stereocenters. The number of carbonyl (C=O) groups excluding carboxylic acids is 1. The summed E-state index contributed by atoms with van der Waals surface area (Å²) in [5.74, 6) is 0.852. The lowest BCUT2D eigenvalue weighted by Crippen LogP contribution is -2.40. The molecule has 2 rings (SSSR count). The van der Waals surface area contributed by atoms with Gasteiger partial charge in [0.05, 0.1) is 24.7 Å². The van der Waals surface area contributed by atoms with Gasteiger partial charge in [0.2, 0.25) is 15.9 Å². The van der Waals surface area contributed by atoms with Gasteiger partial charge in [-0.25, -0.2) is 8.42 Å². The summed E-state index contributed by atoms with van der Waals surface area (Å²) in [4.78, 5) is 12.4. The number of hydrogen-bond acceptors (Lipinski definition) is 5. The van der Waals surface area contributed by atoms with Gasteiger partial charge in [-0.2, -0.15) is 0 Å². The molecule has 29 heavy (non-hydrogen) atoms. The van der Waals surface area contributed by atoms with Crippen LogP contribution in [-0.2, 0) is 21.4 Å². The van der Waals surface area contributed by atoms with Crippen LogP contribution in [0.5, 0.6) is 11.5 Å². The quantitative estimate of drug-likeness (QED) is 0.639. The summed E-state index contributed by atoms with van der Waals surface area (Å²) in [6.45, 7) is 6.13. The SMILES string of the molecule is CCOc1cccc(N(CC(=O)NCc2cccc(OC(C)C)c2)S(C)(=O)=O)c1. The zero-order valence-electron chi connectivity index (χ0n) is 17.2. The summed E-state index contributed by atoms with van der Waals surface area (Å²) < 4.78 is 36.6. The van der Waals surface area contributed by atoms with Crippen LogP contribution in [0.3, 0.4) is 0 Å². The maximum Gasteiger partial charge on any atom is 0.241 e. The molecular formula is C21H28N2O5S. The molecule has 7 nitrogen and oxygen atoms in total. The van der Waals surface area contributed by atoms with Crippen LogP contribution in [-0.4, -0.2) is 39.8 Å². The topological polar surface area (TPSA) is 84.9 Å². The van der Waals surface area contributed by atoms with Gasteiger partial charge in [-0.1, -0.05) is 18.2 Å². The van der Waals surface area contributed by atoms with E-state index in [1.165, 1.54) is 0 Å². The third kappa shape index (κ3) is 7.30. The van der Waals surface area contributed by atoms with Crippen molar-refractivity contribution in [3.63, 3.8) is 0 Å². The van der Waals surface area contributed by atoms with Crippen molar-refractivity contribution in [1.29, 1.82) is 0 Å². The summed E-state index contributed by atoms with van der Waals surface area (Å²) in [7, 11) is -3.65. The minimum Gasteiger partial charge on any atom is -0.494 e. The lowest BCUT2D eigenvalue weighted by Gasteiger charge is -2.22. The van der Waals surface area contributed by atoms with Crippen molar-refractivity contribution < 1.29 is 22.7 Å². The lowest BCUT2D eigenvalue weighted by atomic mass is 10.2. The van der Waals surface area contributed by atoms with Gasteiger partial charge in [-0.05, 0) is 50.6 Å². The molecule has 1 amide bonds. The van der Waals surface area contributed by atoms with E-state index >= 15 is 0 Å². The van der Waals surface area contributed by atoms with E-state index < -0.39 is 15.9 Å². The second-order valence-corrected chi connectivity index (χ2v) is 8.70. The third-order valence-electron chi connectivity index (χ3n) is 3.86. The van der Waals surface area contributed by atoms with Crippen LogP contribution in [0.1, 0.15) is 26.3 Å². The van der Waals surface area contributed by atoms with E-state index in [1.807, 2.05) is 45.0 Å². The molecule has 0 radical (unpaired) electrons. The molecular weight excluding hydrogens is 392 g/mol. The highest BCUT2D eigenvalue weighted by molar-refractivity contribution is 7.92. The summed E-state index contributed by atoms with van der Waals surface area (Å²) in [6, 6.07) is 14.1. The first kappa shape index (κ1) is 22.5. The Hall–Kier alpha value is -2.74. The molecule has 0 bridgehead atoms. The normalized spacial score (nSPS) is 11.2. The van der Waals surface area contributed by atoms with E-state index in [1.54, 1.807) is 24.3 Å². The van der Waals surface area contributed by atoms with Gasteiger partial charge in [0, 0.05) is 12.6 Å². The number of hydrogen-bond donors (Lipinski definition) is 1. The average Bonchev–Trinajstić information content (AvgIpc) is 2.64. The van der Waals surface area contributed by atoms with Crippen LogP contribution in [0.4, 0.5) is 5.69 Å². The van der Waals surface area contributed by atoms with E-state index in [9.17, 15) is 13.2 Å². The predicted molar refractivity (Wildman–Crippen MR) is 114 cm³/mol. The van der Waals surface area contributed by atoms with E-state index in [2.05, 4.69) is 5.32 Å². The Morgan fingerprint density at radius 3 is 2.45 bits per heavy atom. The van der Waals surface area contributed by atoms with E-state index in [4.69, 9.17) is 9.47 Å². The highest BCUT2D eigenvalue weighted by Crippen LogP contribution is 2.23. The molecule has 0 aliphatic carbocycles. The average molecular weight is 421 g/mol. The van der Waals surface area contributed by atoms with Crippen LogP contribution in [0.2, 0.25) is 0 Å². The molecule has 0 saturated carbocycles. The van der Waals surface area contributed by atoms with E-state index in [0.717, 1.165) is 21.9 Å². The van der Waals surface area contributed by atoms with Crippen LogP contribution in [0.15, 0.2) is 48.5 Å². The fraction of sp³-hybridized carbons (Fsp3) is 0.381. The van der Waals surface area contributed by atoms with E-state index in [-0.39, 0.29) is 19.2 Å². The molecule has 0 unspecified atom stereocenters. The number of amides is 1. The molecule has 8 heteroatoms. The first-order valence-corrected chi connectivity index (χ1v) is 11.3. The molecule has 0 aliphatic heterocycles. The standard InChI is InChI=1S/C21H28N2O5S/c1-5-27-19-10-7-9-18(13-19)23(29(4,25)26)15-21(24)22-14-17-8-6-11-20(12-17)28-16(2)3/h6-13,16H,5,14-15H2,1-4H3,(H,22,24). The van der Waals surface area contributed by atoms with Crippen molar-refractivity contribution in [3.8, 4) is 11.5 Å². The number of rotatable bonds is 10. The lowest BCUT2D eigenvalue weighted by molar-refractivity contribution is -0.119. The third-order valence-corrected chi connectivity index (χ3v) is 5.00. The maximum atomic E-state index is 12.4. The largest absolute Gasteiger partial charge is 0.494 e. The number of nitrogens with zero attached hydrogens (tertiary/aromatic N) is 1. The van der Waals surface area contributed by atoms with Crippen molar-refractivity contribution in [2.45, 2.75) is 33.4 Å². The first-order valence-electron chi connectivity index (χ1n) is 9.42. The molecule has 2 aromatic carbocycles. The Kier molecular flexibility index (Phi) is 7.90. The highest BCUT2D eigenvalue weighted by atomic mass is 32.2. The molecule has 0 saturated heterocycles. The van der Waals surface area contributed by atoms with Crippen LogP contribution in [0, 0.1) is 0 Å². The minimum atomic E-state index is -3.65. The molecule has 1 N–H and O–H groups in total. The van der Waals surface area contributed by atoms with Gasteiger partial charge in [0.1, 0.15) is 18.0 Å². The number of nitrogens with one attached hydrogen (secondary N) is 1. The molecule has 0 aromatic heterocycles. The van der Waals surface area contributed by atoms with Crippen LogP contribution >= 0.6 is 0 Å². The molecule has 0 heterocycles. The Balaban J connectivity index is 2.07. The smallest absolute Gasteiger partial charge is 0.241 e. The number of sulfonamides is 1. The zero-order chi connectivity index (χ0) is 21.4. The monoisotopic (exact) mass is 420 g/mol. The molecule has 0 aliphatic rings.